The fraction of sp³-hybridized carbons (Fsp3) is 0.400. The highest BCUT2D eigenvalue weighted by atomic mass is 19.4. The van der Waals surface area contributed by atoms with Gasteiger partial charge in [0.25, 0.3) is 0 Å². The molecule has 0 saturated heterocycles. The number of alkyl halides is 5. The number of rotatable bonds is 3. The third-order valence-corrected chi connectivity index (χ3v) is 2.07. The lowest BCUT2D eigenvalue weighted by atomic mass is 10.0. The number of hydrogen-bond donors (Lipinski definition) is 1. The Balaban J connectivity index is 2.97. The predicted octanol–water partition coefficient (Wildman–Crippen LogP) is 2.88. The molecule has 0 radical (unpaired) electrons. The van der Waals surface area contributed by atoms with E-state index < -0.39 is 17.7 Å². The average molecular weight is 240 g/mol. The summed E-state index contributed by atoms with van der Waals surface area (Å²) >= 11 is 0. The summed E-state index contributed by atoms with van der Waals surface area (Å²) in [7, 11) is 0. The maximum atomic E-state index is 12.8. The van der Waals surface area contributed by atoms with Crippen LogP contribution in [-0.2, 0) is 12.3 Å². The smallest absolute Gasteiger partial charge is 0.396 e. The van der Waals surface area contributed by atoms with Crippen molar-refractivity contribution in [2.75, 3.05) is 6.61 Å². The van der Waals surface area contributed by atoms with Crippen LogP contribution < -0.4 is 0 Å². The molecule has 0 aromatic heterocycles. The molecule has 16 heavy (non-hydrogen) atoms. The summed E-state index contributed by atoms with van der Waals surface area (Å²) in [6.45, 7) is -0.186. The summed E-state index contributed by atoms with van der Waals surface area (Å²) in [5.41, 5.74) is -0.592. The SMILES string of the molecule is OCCc1ccc(C(F)(F)C(F)(F)F)cc1. The van der Waals surface area contributed by atoms with Crippen molar-refractivity contribution in [1.29, 1.82) is 0 Å². The van der Waals surface area contributed by atoms with E-state index in [0.29, 0.717) is 5.56 Å². The van der Waals surface area contributed by atoms with E-state index in [1.807, 2.05) is 0 Å². The van der Waals surface area contributed by atoms with Gasteiger partial charge in [-0.25, -0.2) is 0 Å². The van der Waals surface area contributed by atoms with Crippen LogP contribution in [-0.4, -0.2) is 17.9 Å². The molecule has 0 atom stereocenters. The first-order valence-electron chi connectivity index (χ1n) is 4.44. The number of hydrogen-bond acceptors (Lipinski definition) is 1. The van der Waals surface area contributed by atoms with Crippen molar-refractivity contribution in [3.8, 4) is 0 Å². The molecule has 1 nitrogen and oxygen atoms in total. The van der Waals surface area contributed by atoms with E-state index in [9.17, 15) is 22.0 Å². The van der Waals surface area contributed by atoms with Gasteiger partial charge < -0.3 is 5.11 Å². The largest absolute Gasteiger partial charge is 0.458 e. The zero-order chi connectivity index (χ0) is 12.4. The lowest BCUT2D eigenvalue weighted by Gasteiger charge is -2.19. The molecule has 0 fully saturated rings. The highest BCUT2D eigenvalue weighted by Crippen LogP contribution is 2.43. The van der Waals surface area contributed by atoms with Crippen LogP contribution in [0.2, 0.25) is 0 Å². The van der Waals surface area contributed by atoms with E-state index in [4.69, 9.17) is 5.11 Å². The molecule has 90 valence electrons. The van der Waals surface area contributed by atoms with Crippen LogP contribution in [0.5, 0.6) is 0 Å². The topological polar surface area (TPSA) is 20.2 Å². The summed E-state index contributed by atoms with van der Waals surface area (Å²) in [4.78, 5) is 0. The summed E-state index contributed by atoms with van der Waals surface area (Å²) in [5.74, 6) is -4.84. The third kappa shape index (κ3) is 2.49. The van der Waals surface area contributed by atoms with Crippen LogP contribution in [0.4, 0.5) is 22.0 Å². The van der Waals surface area contributed by atoms with Gasteiger partial charge in [-0.15, -0.1) is 0 Å². The number of aliphatic hydroxyl groups excluding tert-OH is 1. The van der Waals surface area contributed by atoms with Gasteiger partial charge in [-0.2, -0.15) is 22.0 Å². The molecule has 1 aromatic rings. The van der Waals surface area contributed by atoms with Crippen molar-refractivity contribution in [2.24, 2.45) is 0 Å². The monoisotopic (exact) mass is 240 g/mol. The van der Waals surface area contributed by atoms with Crippen LogP contribution in [0.1, 0.15) is 11.1 Å². The highest BCUT2D eigenvalue weighted by Gasteiger charge is 2.58. The van der Waals surface area contributed by atoms with Gasteiger partial charge in [-0.3, -0.25) is 0 Å². The first-order chi connectivity index (χ1) is 7.29. The Bertz CT molecular complexity index is 341. The molecule has 0 amide bonds. The third-order valence-electron chi connectivity index (χ3n) is 2.07. The summed E-state index contributed by atoms with van der Waals surface area (Å²) in [6, 6.07) is 3.73. The Morgan fingerprint density at radius 3 is 1.81 bits per heavy atom. The number of halogens is 5. The molecule has 0 unspecified atom stereocenters. The van der Waals surface area contributed by atoms with Crippen LogP contribution >= 0.6 is 0 Å². The van der Waals surface area contributed by atoms with Crippen molar-refractivity contribution in [1.82, 2.24) is 0 Å². The number of benzene rings is 1. The zero-order valence-corrected chi connectivity index (χ0v) is 8.06. The molecule has 0 saturated carbocycles. The minimum absolute atomic E-state index is 0.186. The van der Waals surface area contributed by atoms with E-state index in [1.165, 1.54) is 0 Å². The Kier molecular flexibility index (Phi) is 3.52. The summed E-state index contributed by atoms with van der Waals surface area (Å²) in [6.07, 6.45) is -5.37. The van der Waals surface area contributed by atoms with Gasteiger partial charge in [0.15, 0.2) is 0 Å². The Morgan fingerprint density at radius 2 is 1.44 bits per heavy atom. The Labute approximate surface area is 88.5 Å². The van der Waals surface area contributed by atoms with Gasteiger partial charge in [0.2, 0.25) is 0 Å². The van der Waals surface area contributed by atoms with E-state index in [-0.39, 0.29) is 13.0 Å². The zero-order valence-electron chi connectivity index (χ0n) is 8.06. The summed E-state index contributed by atoms with van der Waals surface area (Å²) < 4.78 is 61.5. The van der Waals surface area contributed by atoms with Gasteiger partial charge >= 0.3 is 12.1 Å². The van der Waals surface area contributed by atoms with Gasteiger partial charge in [0.1, 0.15) is 0 Å². The first-order valence-corrected chi connectivity index (χ1v) is 4.44. The van der Waals surface area contributed by atoms with Crippen LogP contribution in [0.3, 0.4) is 0 Å². The number of aliphatic hydroxyl groups is 1. The maximum Gasteiger partial charge on any atom is 0.458 e. The van der Waals surface area contributed by atoms with Gasteiger partial charge in [-0.1, -0.05) is 24.3 Å². The maximum absolute atomic E-state index is 12.8. The average Bonchev–Trinajstić information content (AvgIpc) is 2.17. The fourth-order valence-corrected chi connectivity index (χ4v) is 1.17. The Hall–Kier alpha value is -1.17. The van der Waals surface area contributed by atoms with Crippen molar-refractivity contribution in [3.05, 3.63) is 35.4 Å². The molecule has 0 aliphatic rings. The Morgan fingerprint density at radius 1 is 0.938 bits per heavy atom. The molecule has 0 spiro atoms. The molecule has 1 N–H and O–H groups in total. The minimum atomic E-state index is -5.59. The molecule has 0 aliphatic carbocycles. The standard InChI is InChI=1S/C10H9F5O/c11-9(12,10(13,14)15)8-3-1-7(2-4-8)5-6-16/h1-4,16H,5-6H2. The van der Waals surface area contributed by atoms with E-state index in [2.05, 4.69) is 0 Å². The van der Waals surface area contributed by atoms with Gasteiger partial charge in [-0.05, 0) is 12.0 Å². The van der Waals surface area contributed by atoms with Crippen molar-refractivity contribution in [2.45, 2.75) is 18.5 Å². The second kappa shape index (κ2) is 4.37. The lowest BCUT2D eigenvalue weighted by Crippen LogP contribution is -2.33. The molecule has 0 heterocycles. The van der Waals surface area contributed by atoms with Crippen LogP contribution in [0.25, 0.3) is 0 Å². The second-order valence-corrected chi connectivity index (χ2v) is 3.24. The molecular weight excluding hydrogens is 231 g/mol. The quantitative estimate of drug-likeness (QED) is 0.805. The van der Waals surface area contributed by atoms with E-state index in [0.717, 1.165) is 24.3 Å². The van der Waals surface area contributed by atoms with Crippen LogP contribution in [0.15, 0.2) is 24.3 Å². The lowest BCUT2D eigenvalue weighted by molar-refractivity contribution is -0.289. The molecule has 1 aromatic carbocycles. The van der Waals surface area contributed by atoms with Crippen molar-refractivity contribution >= 4 is 0 Å². The van der Waals surface area contributed by atoms with E-state index in [1.54, 1.807) is 0 Å². The van der Waals surface area contributed by atoms with Crippen molar-refractivity contribution < 1.29 is 27.1 Å². The van der Waals surface area contributed by atoms with Gasteiger partial charge in [0, 0.05) is 12.2 Å². The van der Waals surface area contributed by atoms with Crippen LogP contribution in [0, 0.1) is 0 Å². The molecule has 0 bridgehead atoms. The highest BCUT2D eigenvalue weighted by molar-refractivity contribution is 5.27. The van der Waals surface area contributed by atoms with Crippen molar-refractivity contribution in [3.63, 3.8) is 0 Å². The normalized spacial score (nSPS) is 12.9. The first kappa shape index (κ1) is 12.9. The van der Waals surface area contributed by atoms with E-state index >= 15 is 0 Å². The molecular formula is C10H9F5O. The molecule has 0 aliphatic heterocycles. The second-order valence-electron chi connectivity index (χ2n) is 3.24. The predicted molar refractivity (Wildman–Crippen MR) is 47.2 cm³/mol. The van der Waals surface area contributed by atoms with Gasteiger partial charge in [0.05, 0.1) is 0 Å². The minimum Gasteiger partial charge on any atom is -0.396 e. The summed E-state index contributed by atoms with van der Waals surface area (Å²) in [5, 5.41) is 8.55. The fourth-order valence-electron chi connectivity index (χ4n) is 1.17. The molecule has 6 heteroatoms. The molecule has 1 rings (SSSR count).